The smallest absolute Gasteiger partial charge is 0.225 e. The van der Waals surface area contributed by atoms with Crippen LogP contribution in [0.4, 0.5) is 0 Å². The van der Waals surface area contributed by atoms with Crippen LogP contribution >= 0.6 is 0 Å². The van der Waals surface area contributed by atoms with Gasteiger partial charge in [0.1, 0.15) is 0 Å². The third kappa shape index (κ3) is 4.72. The number of hydrogen-bond donors (Lipinski definition) is 1. The normalized spacial score (nSPS) is 26.4. The molecule has 2 saturated heterocycles. The first-order valence-electron chi connectivity index (χ1n) is 7.68. The van der Waals surface area contributed by atoms with Crippen LogP contribution in [0, 0.1) is 5.41 Å². The highest BCUT2D eigenvalue weighted by atomic mass is 16.6. The van der Waals surface area contributed by atoms with Gasteiger partial charge in [0.05, 0.1) is 25.9 Å². The molecule has 0 aromatic carbocycles. The van der Waals surface area contributed by atoms with E-state index in [-0.39, 0.29) is 17.4 Å². The Balaban J connectivity index is 1.68. The molecule has 0 aliphatic carbocycles. The van der Waals surface area contributed by atoms with Crippen molar-refractivity contribution in [2.24, 2.45) is 5.41 Å². The van der Waals surface area contributed by atoms with E-state index in [4.69, 9.17) is 9.47 Å². The van der Waals surface area contributed by atoms with Crippen molar-refractivity contribution in [1.82, 2.24) is 10.2 Å². The first-order chi connectivity index (χ1) is 9.45. The fourth-order valence-corrected chi connectivity index (χ4v) is 2.59. The number of amides is 1. The highest BCUT2D eigenvalue weighted by molar-refractivity contribution is 5.81. The van der Waals surface area contributed by atoms with Gasteiger partial charge >= 0.3 is 0 Å². The SMILES string of the molecule is CC(C)(C)C(=O)NC1CCN(CC2COCCO2)CC1. The van der Waals surface area contributed by atoms with Crippen LogP contribution in [0.25, 0.3) is 0 Å². The third-order valence-corrected chi connectivity index (χ3v) is 3.95. The Hall–Kier alpha value is -0.650. The molecule has 1 amide bonds. The summed E-state index contributed by atoms with van der Waals surface area (Å²) < 4.78 is 11.1. The zero-order valence-electron chi connectivity index (χ0n) is 13.0. The van der Waals surface area contributed by atoms with Gasteiger partial charge in [-0.15, -0.1) is 0 Å². The molecule has 1 atom stereocenters. The molecule has 0 radical (unpaired) electrons. The second-order valence-corrected chi connectivity index (χ2v) is 6.87. The van der Waals surface area contributed by atoms with E-state index in [9.17, 15) is 4.79 Å². The van der Waals surface area contributed by atoms with Crippen LogP contribution in [0.3, 0.4) is 0 Å². The Kier molecular flexibility index (Phi) is 5.41. The largest absolute Gasteiger partial charge is 0.376 e. The summed E-state index contributed by atoms with van der Waals surface area (Å²) in [5.41, 5.74) is -0.301. The summed E-state index contributed by atoms with van der Waals surface area (Å²) in [6.07, 6.45) is 2.26. The summed E-state index contributed by atoms with van der Waals surface area (Å²) in [7, 11) is 0. The van der Waals surface area contributed by atoms with E-state index in [0.717, 1.165) is 39.1 Å². The van der Waals surface area contributed by atoms with Crippen molar-refractivity contribution < 1.29 is 14.3 Å². The van der Waals surface area contributed by atoms with Crippen LogP contribution in [-0.4, -0.2) is 62.4 Å². The van der Waals surface area contributed by atoms with E-state index in [1.807, 2.05) is 20.8 Å². The Morgan fingerprint density at radius 2 is 1.95 bits per heavy atom. The zero-order valence-corrected chi connectivity index (χ0v) is 13.0. The van der Waals surface area contributed by atoms with Crippen molar-refractivity contribution >= 4 is 5.91 Å². The predicted octanol–water partition coefficient (Wildman–Crippen LogP) is 1.03. The molecule has 5 nitrogen and oxygen atoms in total. The number of rotatable bonds is 3. The summed E-state index contributed by atoms with van der Waals surface area (Å²) in [5, 5.41) is 3.16. The lowest BCUT2D eigenvalue weighted by Crippen LogP contribution is -2.49. The molecule has 116 valence electrons. The molecular formula is C15H28N2O3. The van der Waals surface area contributed by atoms with Gasteiger partial charge in [0, 0.05) is 31.1 Å². The lowest BCUT2D eigenvalue weighted by molar-refractivity contribution is -0.129. The molecule has 2 aliphatic rings. The monoisotopic (exact) mass is 284 g/mol. The number of nitrogens with zero attached hydrogens (tertiary/aromatic N) is 1. The fraction of sp³-hybridized carbons (Fsp3) is 0.933. The number of ether oxygens (including phenoxy) is 2. The lowest BCUT2D eigenvalue weighted by atomic mass is 9.94. The third-order valence-electron chi connectivity index (χ3n) is 3.95. The maximum atomic E-state index is 12.0. The van der Waals surface area contributed by atoms with Gasteiger partial charge < -0.3 is 19.7 Å². The molecule has 0 saturated carbocycles. The number of carbonyl (C=O) groups is 1. The number of hydrogen-bond acceptors (Lipinski definition) is 4. The van der Waals surface area contributed by atoms with Gasteiger partial charge in [-0.25, -0.2) is 0 Å². The Morgan fingerprint density at radius 3 is 2.50 bits per heavy atom. The van der Waals surface area contributed by atoms with Crippen molar-refractivity contribution in [3.05, 3.63) is 0 Å². The first-order valence-corrected chi connectivity index (χ1v) is 7.68. The van der Waals surface area contributed by atoms with Crippen LogP contribution in [0.1, 0.15) is 33.6 Å². The molecule has 2 aliphatic heterocycles. The summed E-state index contributed by atoms with van der Waals surface area (Å²) in [6.45, 7) is 11.0. The van der Waals surface area contributed by atoms with Gasteiger partial charge in [0.15, 0.2) is 0 Å². The van der Waals surface area contributed by atoms with Gasteiger partial charge in [0.2, 0.25) is 5.91 Å². The molecule has 0 spiro atoms. The molecule has 5 heteroatoms. The molecule has 0 aromatic rings. The van der Waals surface area contributed by atoms with Gasteiger partial charge in [0.25, 0.3) is 0 Å². The summed E-state index contributed by atoms with van der Waals surface area (Å²) in [6, 6.07) is 0.321. The maximum absolute atomic E-state index is 12.0. The quantitative estimate of drug-likeness (QED) is 0.841. The summed E-state index contributed by atoms with van der Waals surface area (Å²) >= 11 is 0. The highest BCUT2D eigenvalue weighted by Gasteiger charge is 2.27. The van der Waals surface area contributed by atoms with Crippen LogP contribution in [0.5, 0.6) is 0 Å². The minimum Gasteiger partial charge on any atom is -0.376 e. The summed E-state index contributed by atoms with van der Waals surface area (Å²) in [4.78, 5) is 14.4. The molecule has 0 aromatic heterocycles. The fourth-order valence-electron chi connectivity index (χ4n) is 2.59. The molecular weight excluding hydrogens is 256 g/mol. The minimum atomic E-state index is -0.301. The van der Waals surface area contributed by atoms with Crippen LogP contribution < -0.4 is 5.32 Å². The zero-order chi connectivity index (χ0) is 14.6. The molecule has 2 heterocycles. The van der Waals surface area contributed by atoms with Crippen LogP contribution in [0.2, 0.25) is 0 Å². The Labute approximate surface area is 122 Å². The molecule has 0 bridgehead atoms. The standard InChI is InChI=1S/C15H28N2O3/c1-15(2,3)14(18)16-12-4-6-17(7-5-12)10-13-11-19-8-9-20-13/h12-13H,4-11H2,1-3H3,(H,16,18). The molecule has 1 N–H and O–H groups in total. The van der Waals surface area contributed by atoms with Crippen LogP contribution in [-0.2, 0) is 14.3 Å². The first kappa shape index (κ1) is 15.7. The molecule has 1 unspecified atom stereocenters. The van der Waals surface area contributed by atoms with Gasteiger partial charge in [-0.3, -0.25) is 4.79 Å². The highest BCUT2D eigenvalue weighted by Crippen LogP contribution is 2.17. The molecule has 20 heavy (non-hydrogen) atoms. The number of nitrogens with one attached hydrogen (secondary N) is 1. The second-order valence-electron chi connectivity index (χ2n) is 6.87. The van der Waals surface area contributed by atoms with Crippen molar-refractivity contribution in [3.8, 4) is 0 Å². The molecule has 2 fully saturated rings. The van der Waals surface area contributed by atoms with E-state index in [2.05, 4.69) is 10.2 Å². The topological polar surface area (TPSA) is 50.8 Å². The number of likely N-dealkylation sites (tertiary alicyclic amines) is 1. The van der Waals surface area contributed by atoms with Crippen molar-refractivity contribution in [2.45, 2.75) is 45.8 Å². The van der Waals surface area contributed by atoms with E-state index >= 15 is 0 Å². The van der Waals surface area contributed by atoms with Crippen molar-refractivity contribution in [2.75, 3.05) is 39.5 Å². The Bertz CT molecular complexity index is 314. The predicted molar refractivity (Wildman–Crippen MR) is 77.6 cm³/mol. The van der Waals surface area contributed by atoms with Gasteiger partial charge in [-0.2, -0.15) is 0 Å². The molecule has 2 rings (SSSR count). The second kappa shape index (κ2) is 6.87. The van der Waals surface area contributed by atoms with Crippen LogP contribution in [0.15, 0.2) is 0 Å². The van der Waals surface area contributed by atoms with Gasteiger partial charge in [-0.05, 0) is 12.8 Å². The minimum absolute atomic E-state index is 0.153. The van der Waals surface area contributed by atoms with E-state index in [1.165, 1.54) is 0 Å². The number of piperidine rings is 1. The average molecular weight is 284 g/mol. The number of carbonyl (C=O) groups excluding carboxylic acids is 1. The summed E-state index contributed by atoms with van der Waals surface area (Å²) in [5.74, 6) is 0.153. The maximum Gasteiger partial charge on any atom is 0.225 e. The van der Waals surface area contributed by atoms with Gasteiger partial charge in [-0.1, -0.05) is 20.8 Å². The Morgan fingerprint density at radius 1 is 1.25 bits per heavy atom. The lowest BCUT2D eigenvalue weighted by Gasteiger charge is -2.36. The average Bonchev–Trinajstić information content (AvgIpc) is 2.41. The van der Waals surface area contributed by atoms with E-state index in [0.29, 0.717) is 19.3 Å². The van der Waals surface area contributed by atoms with Crippen molar-refractivity contribution in [3.63, 3.8) is 0 Å². The van der Waals surface area contributed by atoms with Crippen molar-refractivity contribution in [1.29, 1.82) is 0 Å². The van der Waals surface area contributed by atoms with E-state index < -0.39 is 0 Å². The van der Waals surface area contributed by atoms with E-state index in [1.54, 1.807) is 0 Å².